The maximum absolute atomic E-state index is 13.1. The van der Waals surface area contributed by atoms with Gasteiger partial charge in [0.2, 0.25) is 5.91 Å². The zero-order chi connectivity index (χ0) is 61.2. The number of unbranched alkanes of at least 4 members (excludes halogenated alkanes) is 60. The number of aliphatic hydroxyl groups is 1. The number of amides is 1. The lowest BCUT2D eigenvalue weighted by Gasteiger charge is -2.26. The highest BCUT2D eigenvalue weighted by molar-refractivity contribution is 7.47. The fourth-order valence-corrected chi connectivity index (χ4v) is 13.1. The van der Waals surface area contributed by atoms with Crippen molar-refractivity contribution in [3.05, 3.63) is 0 Å². The molecule has 0 spiro atoms. The van der Waals surface area contributed by atoms with Gasteiger partial charge in [-0.05, 0) is 12.8 Å². The van der Waals surface area contributed by atoms with Crippen LogP contribution in [0.5, 0.6) is 0 Å². The third-order valence-electron chi connectivity index (χ3n) is 18.4. The van der Waals surface area contributed by atoms with Crippen LogP contribution < -0.4 is 5.32 Å². The van der Waals surface area contributed by atoms with Crippen LogP contribution in [0.1, 0.15) is 425 Å². The first-order valence-corrected chi connectivity index (χ1v) is 39.9. The number of nitrogens with one attached hydrogen (secondary N) is 1. The molecule has 3 unspecified atom stereocenters. The van der Waals surface area contributed by atoms with Crippen molar-refractivity contribution in [1.82, 2.24) is 5.32 Å². The minimum atomic E-state index is -4.33. The number of hydrogen-bond donors (Lipinski definition) is 3. The van der Waals surface area contributed by atoms with Crippen molar-refractivity contribution >= 4 is 13.7 Å². The molecule has 0 aliphatic heterocycles. The molecule has 1 amide bonds. The number of aliphatic hydroxyl groups excluding tert-OH is 1. The molecule has 0 bridgehead atoms. The molecule has 8 nitrogen and oxygen atoms in total. The third kappa shape index (κ3) is 69.0. The molecule has 0 aromatic carbocycles. The van der Waals surface area contributed by atoms with E-state index in [4.69, 9.17) is 9.05 Å². The zero-order valence-electron chi connectivity index (χ0n) is 58.0. The quantitative estimate of drug-likeness (QED) is 0.0318. The summed E-state index contributed by atoms with van der Waals surface area (Å²) in [5.74, 6) is -0.132. The van der Waals surface area contributed by atoms with Crippen LogP contribution in [0.4, 0.5) is 0 Å². The minimum absolute atomic E-state index is 0.0795. The molecule has 3 N–H and O–H groups in total. The summed E-state index contributed by atoms with van der Waals surface area (Å²) < 4.78 is 23.9. The van der Waals surface area contributed by atoms with Gasteiger partial charge in [-0.1, -0.05) is 406 Å². The van der Waals surface area contributed by atoms with Crippen molar-refractivity contribution in [3.63, 3.8) is 0 Å². The summed E-state index contributed by atoms with van der Waals surface area (Å²) in [6, 6.07) is -0.757. The molecule has 0 aliphatic rings. The minimum Gasteiger partial charge on any atom is -0.391 e. The van der Waals surface area contributed by atoms with E-state index in [1.807, 2.05) is 21.1 Å². The summed E-state index contributed by atoms with van der Waals surface area (Å²) in [7, 11) is 1.64. The molecule has 0 rings (SSSR count). The summed E-state index contributed by atoms with van der Waals surface area (Å²) in [5.41, 5.74) is 0. The van der Waals surface area contributed by atoms with Gasteiger partial charge in [-0.25, -0.2) is 4.57 Å². The lowest BCUT2D eigenvalue weighted by atomic mass is 10.0. The Bertz CT molecular complexity index is 1330. The number of rotatable bonds is 73. The molecule has 0 heterocycles. The molecule has 0 radical (unpaired) electrons. The van der Waals surface area contributed by atoms with Crippen LogP contribution >= 0.6 is 7.82 Å². The van der Waals surface area contributed by atoms with Crippen molar-refractivity contribution < 1.29 is 32.9 Å². The zero-order valence-corrected chi connectivity index (χ0v) is 58.8. The van der Waals surface area contributed by atoms with Gasteiger partial charge in [0.25, 0.3) is 0 Å². The van der Waals surface area contributed by atoms with E-state index in [0.29, 0.717) is 23.9 Å². The fourth-order valence-electron chi connectivity index (χ4n) is 12.4. The maximum Gasteiger partial charge on any atom is 0.472 e. The summed E-state index contributed by atoms with van der Waals surface area (Å²) in [5, 5.41) is 14.2. The van der Waals surface area contributed by atoms with Crippen LogP contribution in [0.25, 0.3) is 0 Å². The Balaban J connectivity index is 3.83. The Kier molecular flexibility index (Phi) is 66.5. The Labute approximate surface area is 527 Å². The predicted octanol–water partition coefficient (Wildman–Crippen LogP) is 24.7. The van der Waals surface area contributed by atoms with Crippen LogP contribution in [0.15, 0.2) is 0 Å². The number of quaternary nitrogens is 1. The largest absolute Gasteiger partial charge is 0.472 e. The lowest BCUT2D eigenvalue weighted by Crippen LogP contribution is -2.46. The number of carbonyl (C=O) groups is 1. The monoisotopic (exact) mass is 1210 g/mol. The van der Waals surface area contributed by atoms with Crippen LogP contribution in [0.2, 0.25) is 0 Å². The van der Waals surface area contributed by atoms with Gasteiger partial charge in [-0.2, -0.15) is 0 Å². The summed E-state index contributed by atoms with van der Waals surface area (Å²) in [6.07, 6.45) is 85.4. The average molecular weight is 1210 g/mol. The first kappa shape index (κ1) is 83.5. The third-order valence-corrected chi connectivity index (χ3v) is 19.3. The second-order valence-electron chi connectivity index (χ2n) is 28.1. The first-order chi connectivity index (χ1) is 41.0. The van der Waals surface area contributed by atoms with Crippen LogP contribution in [0, 0.1) is 0 Å². The van der Waals surface area contributed by atoms with Crippen molar-refractivity contribution in [3.8, 4) is 0 Å². The van der Waals surface area contributed by atoms with E-state index in [0.717, 1.165) is 38.5 Å². The van der Waals surface area contributed by atoms with Gasteiger partial charge >= 0.3 is 7.82 Å². The van der Waals surface area contributed by atoms with Crippen LogP contribution in [-0.2, 0) is 18.4 Å². The van der Waals surface area contributed by atoms with Gasteiger partial charge in [-0.3, -0.25) is 13.8 Å². The molecular weight excluding hydrogens is 1060 g/mol. The predicted molar refractivity (Wildman–Crippen MR) is 369 cm³/mol. The molecule has 0 aliphatic carbocycles. The average Bonchev–Trinajstić information content (AvgIpc) is 3.56. The SMILES string of the molecule is CCCCCCCCCCCCCCCCCCCCCCCCCCCCCCCCCCCCCCCCCCCC(=O)NC(COP(=O)(O)OCC[N+](C)(C)C)C(O)CCCCCCCCCCCCCCCCCCCCCCC. The summed E-state index contributed by atoms with van der Waals surface area (Å²) in [4.78, 5) is 23.5. The second kappa shape index (κ2) is 66.9. The lowest BCUT2D eigenvalue weighted by molar-refractivity contribution is -0.870. The number of hydrogen-bond acceptors (Lipinski definition) is 5. The molecule has 0 saturated heterocycles. The van der Waals surface area contributed by atoms with E-state index in [-0.39, 0.29) is 19.1 Å². The highest BCUT2D eigenvalue weighted by Crippen LogP contribution is 2.43. The molecule has 0 fully saturated rings. The fraction of sp³-hybridized carbons (Fsp3) is 0.987. The Morgan fingerprint density at radius 2 is 0.571 bits per heavy atom. The van der Waals surface area contributed by atoms with E-state index >= 15 is 0 Å². The molecule has 0 aromatic rings. The van der Waals surface area contributed by atoms with Gasteiger partial charge in [0.1, 0.15) is 13.2 Å². The topological polar surface area (TPSA) is 105 Å². The maximum atomic E-state index is 13.1. The number of phosphoric ester groups is 1. The first-order valence-electron chi connectivity index (χ1n) is 38.4. The Morgan fingerprint density at radius 3 is 0.798 bits per heavy atom. The van der Waals surface area contributed by atoms with Crippen molar-refractivity contribution in [2.75, 3.05) is 40.9 Å². The number of likely N-dealkylation sites (N-methyl/N-ethyl adjacent to an activating group) is 1. The molecule has 0 saturated carbocycles. The number of nitrogens with zero attached hydrogens (tertiary/aromatic N) is 1. The van der Waals surface area contributed by atoms with Crippen molar-refractivity contribution in [1.29, 1.82) is 0 Å². The van der Waals surface area contributed by atoms with Gasteiger partial charge in [0, 0.05) is 6.42 Å². The van der Waals surface area contributed by atoms with Crippen LogP contribution in [0.3, 0.4) is 0 Å². The molecule has 84 heavy (non-hydrogen) atoms. The van der Waals surface area contributed by atoms with E-state index in [9.17, 15) is 19.4 Å². The van der Waals surface area contributed by atoms with Gasteiger partial charge in [0.05, 0.1) is 39.9 Å². The van der Waals surface area contributed by atoms with E-state index in [2.05, 4.69) is 19.2 Å². The highest BCUT2D eigenvalue weighted by Gasteiger charge is 2.28. The van der Waals surface area contributed by atoms with Crippen molar-refractivity contribution in [2.24, 2.45) is 0 Å². The molecule has 504 valence electrons. The van der Waals surface area contributed by atoms with Crippen LogP contribution in [-0.4, -0.2) is 73.4 Å². The Morgan fingerprint density at radius 1 is 0.357 bits per heavy atom. The second-order valence-corrected chi connectivity index (χ2v) is 29.6. The molecule has 0 aromatic heterocycles. The Hall–Kier alpha value is -0.500. The van der Waals surface area contributed by atoms with E-state index < -0.39 is 20.0 Å². The van der Waals surface area contributed by atoms with E-state index in [1.165, 1.54) is 360 Å². The standard InChI is InChI=1S/C75H153N2O6P/c1-6-8-10-12-14-16-18-20-22-24-26-28-29-30-31-32-33-34-35-36-37-38-39-40-41-42-43-44-45-46-47-49-51-53-55-57-59-61-63-65-67-69-75(79)76-73(72-83-84(80,81)82-71-70-77(3,4)5)74(78)68-66-64-62-60-58-56-54-52-50-48-27-25-23-21-19-17-15-13-11-9-7-2/h73-74,78H,6-72H2,1-5H3,(H-,76,79,80,81)/p+1. The number of carbonyl (C=O) groups excluding carboxylic acids is 1. The molecule has 3 atom stereocenters. The van der Waals surface area contributed by atoms with Gasteiger partial charge in [0.15, 0.2) is 0 Å². The number of phosphoric acid groups is 1. The highest BCUT2D eigenvalue weighted by atomic mass is 31.2. The van der Waals surface area contributed by atoms with Gasteiger partial charge < -0.3 is 19.8 Å². The smallest absolute Gasteiger partial charge is 0.391 e. The van der Waals surface area contributed by atoms with E-state index in [1.54, 1.807) is 0 Å². The molecular formula is C75H154N2O6P+. The van der Waals surface area contributed by atoms with Crippen molar-refractivity contribution in [2.45, 2.75) is 437 Å². The normalized spacial score (nSPS) is 13.5. The summed E-state index contributed by atoms with van der Waals surface area (Å²) >= 11 is 0. The van der Waals surface area contributed by atoms with Gasteiger partial charge in [-0.15, -0.1) is 0 Å². The summed E-state index contributed by atoms with van der Waals surface area (Å²) in [6.45, 7) is 4.97. The molecule has 9 heteroatoms.